The molecule has 0 spiro atoms. The van der Waals surface area contributed by atoms with Crippen LogP contribution in [0.4, 0.5) is 0 Å². The zero-order valence-electron chi connectivity index (χ0n) is 13.3. The molecule has 0 atom stereocenters. The second kappa shape index (κ2) is 9.05. The van der Waals surface area contributed by atoms with Crippen molar-refractivity contribution >= 4 is 41.2 Å². The van der Waals surface area contributed by atoms with Gasteiger partial charge in [-0.15, -0.1) is 0 Å². The summed E-state index contributed by atoms with van der Waals surface area (Å²) in [6.07, 6.45) is 1.47. The number of hydrogen-bond acceptors (Lipinski definition) is 4. The number of methoxy groups -OCH3 is 1. The molecule has 2 N–H and O–H groups in total. The molecule has 2 aromatic carbocycles. The highest BCUT2D eigenvalue weighted by molar-refractivity contribution is 6.35. The van der Waals surface area contributed by atoms with Crippen molar-refractivity contribution in [1.29, 1.82) is 0 Å². The number of benzene rings is 2. The van der Waals surface area contributed by atoms with Crippen molar-refractivity contribution in [3.8, 4) is 5.75 Å². The molecular weight excluding hydrogens is 365 g/mol. The molecule has 0 saturated heterocycles. The molecule has 0 unspecified atom stereocenters. The Bertz CT molecular complexity index is 809. The number of carbonyl (C=O) groups is 2. The van der Waals surface area contributed by atoms with Crippen LogP contribution in [0.1, 0.15) is 15.9 Å². The Labute approximate surface area is 154 Å². The summed E-state index contributed by atoms with van der Waals surface area (Å²) in [4.78, 5) is 23.7. The predicted molar refractivity (Wildman–Crippen MR) is 97.5 cm³/mol. The third-order valence-electron chi connectivity index (χ3n) is 3.08. The van der Waals surface area contributed by atoms with Crippen LogP contribution in [-0.2, 0) is 4.79 Å². The summed E-state index contributed by atoms with van der Waals surface area (Å²) in [5, 5.41) is 6.89. The van der Waals surface area contributed by atoms with Crippen molar-refractivity contribution in [2.24, 2.45) is 5.10 Å². The van der Waals surface area contributed by atoms with E-state index in [4.69, 9.17) is 27.9 Å². The Morgan fingerprint density at radius 2 is 2.00 bits per heavy atom. The van der Waals surface area contributed by atoms with Gasteiger partial charge in [0.05, 0.1) is 30.5 Å². The van der Waals surface area contributed by atoms with E-state index in [1.165, 1.54) is 18.3 Å². The highest BCUT2D eigenvalue weighted by Crippen LogP contribution is 2.20. The van der Waals surface area contributed by atoms with Gasteiger partial charge in [-0.1, -0.05) is 35.3 Å². The summed E-state index contributed by atoms with van der Waals surface area (Å²) in [6, 6.07) is 11.7. The number of rotatable bonds is 6. The highest BCUT2D eigenvalue weighted by Gasteiger charge is 2.12. The zero-order valence-corrected chi connectivity index (χ0v) is 14.8. The molecule has 0 saturated carbocycles. The minimum Gasteiger partial charge on any atom is -0.497 e. The number of carbonyl (C=O) groups excluding carboxylic acids is 2. The Hall–Kier alpha value is -2.57. The first-order valence-electron chi connectivity index (χ1n) is 7.19. The van der Waals surface area contributed by atoms with Gasteiger partial charge in [-0.25, -0.2) is 5.43 Å². The molecule has 0 aliphatic heterocycles. The zero-order chi connectivity index (χ0) is 18.2. The SMILES string of the molecule is COc1cccc(/C=N/NC(=O)CNC(=O)c2cc(Cl)ccc2Cl)c1. The van der Waals surface area contributed by atoms with E-state index >= 15 is 0 Å². The summed E-state index contributed by atoms with van der Waals surface area (Å²) in [7, 11) is 1.56. The summed E-state index contributed by atoms with van der Waals surface area (Å²) in [5.41, 5.74) is 3.27. The largest absolute Gasteiger partial charge is 0.497 e. The van der Waals surface area contributed by atoms with Crippen molar-refractivity contribution in [2.45, 2.75) is 0 Å². The smallest absolute Gasteiger partial charge is 0.259 e. The number of halogens is 2. The van der Waals surface area contributed by atoms with Crippen LogP contribution < -0.4 is 15.5 Å². The molecular formula is C17H15Cl2N3O3. The molecule has 0 fully saturated rings. The number of nitrogens with one attached hydrogen (secondary N) is 2. The molecule has 130 valence electrons. The van der Waals surface area contributed by atoms with Crippen LogP contribution in [0, 0.1) is 0 Å². The van der Waals surface area contributed by atoms with Crippen LogP contribution in [0.5, 0.6) is 5.75 Å². The van der Waals surface area contributed by atoms with Gasteiger partial charge in [-0.2, -0.15) is 5.10 Å². The van der Waals surface area contributed by atoms with Gasteiger partial charge in [0.2, 0.25) is 0 Å². The van der Waals surface area contributed by atoms with E-state index in [9.17, 15) is 9.59 Å². The van der Waals surface area contributed by atoms with Crippen molar-refractivity contribution < 1.29 is 14.3 Å². The number of nitrogens with zero attached hydrogens (tertiary/aromatic N) is 1. The van der Waals surface area contributed by atoms with Gasteiger partial charge in [-0.05, 0) is 35.9 Å². The first kappa shape index (κ1) is 18.8. The Kier molecular flexibility index (Phi) is 6.80. The molecule has 8 heteroatoms. The fourth-order valence-electron chi connectivity index (χ4n) is 1.87. The second-order valence-electron chi connectivity index (χ2n) is 4.88. The summed E-state index contributed by atoms with van der Waals surface area (Å²) in [6.45, 7) is -0.253. The van der Waals surface area contributed by atoms with E-state index in [-0.39, 0.29) is 17.1 Å². The van der Waals surface area contributed by atoms with Crippen molar-refractivity contribution in [3.05, 3.63) is 63.6 Å². The maximum atomic E-state index is 12.0. The molecule has 0 aromatic heterocycles. The summed E-state index contributed by atoms with van der Waals surface area (Å²) < 4.78 is 5.09. The number of amides is 2. The molecule has 2 aromatic rings. The monoisotopic (exact) mass is 379 g/mol. The second-order valence-corrected chi connectivity index (χ2v) is 5.72. The molecule has 0 heterocycles. The minimum atomic E-state index is -0.501. The Balaban J connectivity index is 1.85. The van der Waals surface area contributed by atoms with Gasteiger partial charge in [0, 0.05) is 5.02 Å². The third-order valence-corrected chi connectivity index (χ3v) is 3.64. The third kappa shape index (κ3) is 5.77. The van der Waals surface area contributed by atoms with Gasteiger partial charge in [0.15, 0.2) is 0 Å². The van der Waals surface area contributed by atoms with Crippen LogP contribution in [0.2, 0.25) is 10.0 Å². The lowest BCUT2D eigenvalue weighted by molar-refractivity contribution is -0.120. The standard InChI is InChI=1S/C17H15Cl2N3O3/c1-25-13-4-2-3-11(7-13)9-21-22-16(23)10-20-17(24)14-8-12(18)5-6-15(14)19/h2-9H,10H2,1H3,(H,20,24)(H,22,23)/b21-9+. The highest BCUT2D eigenvalue weighted by atomic mass is 35.5. The fraction of sp³-hybridized carbons (Fsp3) is 0.118. The van der Waals surface area contributed by atoms with Crippen molar-refractivity contribution in [3.63, 3.8) is 0 Å². The molecule has 0 aliphatic carbocycles. The summed E-state index contributed by atoms with van der Waals surface area (Å²) in [5.74, 6) is -0.300. The van der Waals surface area contributed by atoms with Gasteiger partial charge >= 0.3 is 0 Å². The van der Waals surface area contributed by atoms with Gasteiger partial charge < -0.3 is 10.1 Å². The minimum absolute atomic E-state index is 0.196. The molecule has 6 nitrogen and oxygen atoms in total. The van der Waals surface area contributed by atoms with E-state index < -0.39 is 11.8 Å². The first-order valence-corrected chi connectivity index (χ1v) is 7.94. The average Bonchev–Trinajstić information content (AvgIpc) is 2.62. The summed E-state index contributed by atoms with van der Waals surface area (Å²) >= 11 is 11.8. The van der Waals surface area contributed by atoms with Gasteiger partial charge in [0.25, 0.3) is 11.8 Å². The maximum absolute atomic E-state index is 12.0. The molecule has 2 amide bonds. The fourth-order valence-corrected chi connectivity index (χ4v) is 2.24. The van der Waals surface area contributed by atoms with Gasteiger partial charge in [-0.3, -0.25) is 9.59 Å². The lowest BCUT2D eigenvalue weighted by Gasteiger charge is -2.06. The van der Waals surface area contributed by atoms with Crippen LogP contribution in [0.25, 0.3) is 0 Å². The van der Waals surface area contributed by atoms with Crippen LogP contribution in [-0.4, -0.2) is 31.7 Å². The Morgan fingerprint density at radius 3 is 2.76 bits per heavy atom. The maximum Gasteiger partial charge on any atom is 0.259 e. The molecule has 2 rings (SSSR count). The van der Waals surface area contributed by atoms with Crippen molar-refractivity contribution in [1.82, 2.24) is 10.7 Å². The van der Waals surface area contributed by atoms with E-state index in [0.29, 0.717) is 10.8 Å². The number of hydrazone groups is 1. The first-order chi connectivity index (χ1) is 12.0. The number of ether oxygens (including phenoxy) is 1. The topological polar surface area (TPSA) is 79.8 Å². The molecule has 25 heavy (non-hydrogen) atoms. The lowest BCUT2D eigenvalue weighted by Crippen LogP contribution is -2.35. The van der Waals surface area contributed by atoms with E-state index in [1.54, 1.807) is 37.4 Å². The van der Waals surface area contributed by atoms with Crippen LogP contribution in [0.15, 0.2) is 47.6 Å². The van der Waals surface area contributed by atoms with Crippen LogP contribution >= 0.6 is 23.2 Å². The predicted octanol–water partition coefficient (Wildman–Crippen LogP) is 2.88. The van der Waals surface area contributed by atoms with E-state index in [0.717, 1.165) is 5.56 Å². The normalized spacial score (nSPS) is 10.5. The van der Waals surface area contributed by atoms with Crippen molar-refractivity contribution in [2.75, 3.05) is 13.7 Å². The molecule has 0 radical (unpaired) electrons. The molecule has 0 aliphatic rings. The van der Waals surface area contributed by atoms with Crippen LogP contribution in [0.3, 0.4) is 0 Å². The lowest BCUT2D eigenvalue weighted by atomic mass is 10.2. The molecule has 0 bridgehead atoms. The quantitative estimate of drug-likeness (QED) is 0.598. The van der Waals surface area contributed by atoms with E-state index in [1.807, 2.05) is 0 Å². The Morgan fingerprint density at radius 1 is 1.20 bits per heavy atom. The number of hydrogen-bond donors (Lipinski definition) is 2. The van der Waals surface area contributed by atoms with E-state index in [2.05, 4.69) is 15.8 Å². The van der Waals surface area contributed by atoms with Gasteiger partial charge in [0.1, 0.15) is 5.75 Å². The average molecular weight is 380 g/mol.